The van der Waals surface area contributed by atoms with Gasteiger partial charge in [-0.1, -0.05) is 6.08 Å². The lowest BCUT2D eigenvalue weighted by atomic mass is 9.69. The fourth-order valence-corrected chi connectivity index (χ4v) is 4.69. The SMILES string of the molecule is COCCN1C(=O)CCC2(C(=O)NCCCN3CCN(C)CC3)CCCC=C12. The number of amides is 2. The number of piperidine rings is 1. The van der Waals surface area contributed by atoms with Gasteiger partial charge in [0.1, 0.15) is 0 Å². The minimum absolute atomic E-state index is 0.103. The van der Waals surface area contributed by atoms with Crippen LogP contribution in [-0.4, -0.2) is 93.1 Å². The molecule has 1 unspecified atom stereocenters. The number of ether oxygens (including phenoxy) is 1. The third-order valence-corrected chi connectivity index (χ3v) is 6.48. The van der Waals surface area contributed by atoms with Crippen LogP contribution in [0, 0.1) is 5.41 Å². The fourth-order valence-electron chi connectivity index (χ4n) is 4.69. The van der Waals surface area contributed by atoms with Crippen LogP contribution in [0.1, 0.15) is 38.5 Å². The molecule has 2 amide bonds. The van der Waals surface area contributed by atoms with E-state index in [9.17, 15) is 9.59 Å². The molecule has 0 aromatic rings. The molecular weight excluding hydrogens is 356 g/mol. The zero-order valence-electron chi connectivity index (χ0n) is 17.5. The first-order valence-corrected chi connectivity index (χ1v) is 10.8. The largest absolute Gasteiger partial charge is 0.383 e. The average molecular weight is 393 g/mol. The number of nitrogens with one attached hydrogen (secondary N) is 1. The third-order valence-electron chi connectivity index (χ3n) is 6.48. The zero-order valence-corrected chi connectivity index (χ0v) is 17.5. The van der Waals surface area contributed by atoms with Gasteiger partial charge in [0.15, 0.2) is 0 Å². The molecule has 28 heavy (non-hydrogen) atoms. The number of hydrogen-bond acceptors (Lipinski definition) is 5. The summed E-state index contributed by atoms with van der Waals surface area (Å²) in [5.74, 6) is 0.218. The first-order chi connectivity index (χ1) is 13.6. The van der Waals surface area contributed by atoms with E-state index in [0.29, 0.717) is 32.5 Å². The fraction of sp³-hybridized carbons (Fsp3) is 0.810. The van der Waals surface area contributed by atoms with Gasteiger partial charge in [0.2, 0.25) is 11.8 Å². The van der Waals surface area contributed by atoms with Gasteiger partial charge < -0.3 is 24.8 Å². The Bertz CT molecular complexity index is 586. The van der Waals surface area contributed by atoms with E-state index in [1.807, 2.05) is 0 Å². The second-order valence-electron chi connectivity index (χ2n) is 8.36. The summed E-state index contributed by atoms with van der Waals surface area (Å²) in [5.41, 5.74) is 0.386. The van der Waals surface area contributed by atoms with Gasteiger partial charge >= 0.3 is 0 Å². The van der Waals surface area contributed by atoms with Crippen molar-refractivity contribution < 1.29 is 14.3 Å². The van der Waals surface area contributed by atoms with E-state index in [1.165, 1.54) is 0 Å². The molecule has 3 aliphatic rings. The number of carbonyl (C=O) groups excluding carboxylic acids is 2. The predicted molar refractivity (Wildman–Crippen MR) is 109 cm³/mol. The summed E-state index contributed by atoms with van der Waals surface area (Å²) in [4.78, 5) is 32.3. The maximum atomic E-state index is 13.2. The molecule has 0 aromatic carbocycles. The van der Waals surface area contributed by atoms with Crippen molar-refractivity contribution in [1.82, 2.24) is 20.0 Å². The molecule has 2 saturated heterocycles. The highest BCUT2D eigenvalue weighted by Gasteiger charge is 2.49. The standard InChI is InChI=1S/C21H36N4O3/c1-23-12-14-24(15-13-23)11-5-10-22-20(27)21-8-4-3-6-18(21)25(16-17-28-2)19(26)7-9-21/h6H,3-5,7-17H2,1-2H3,(H,22,27). The Balaban J connectivity index is 1.55. The van der Waals surface area contributed by atoms with E-state index in [4.69, 9.17) is 4.74 Å². The van der Waals surface area contributed by atoms with Crippen LogP contribution in [0.25, 0.3) is 0 Å². The Morgan fingerprint density at radius 2 is 2.00 bits per heavy atom. The highest BCUT2D eigenvalue weighted by Crippen LogP contribution is 2.46. The number of hydrogen-bond donors (Lipinski definition) is 1. The van der Waals surface area contributed by atoms with Crippen molar-refractivity contribution in [3.63, 3.8) is 0 Å². The van der Waals surface area contributed by atoms with Crippen LogP contribution in [0.5, 0.6) is 0 Å². The number of likely N-dealkylation sites (tertiary alicyclic amines) is 1. The smallest absolute Gasteiger partial charge is 0.232 e. The highest BCUT2D eigenvalue weighted by molar-refractivity contribution is 5.91. The van der Waals surface area contributed by atoms with E-state index in [-0.39, 0.29) is 11.8 Å². The Hall–Kier alpha value is -1.44. The normalized spacial score (nSPS) is 26.7. The summed E-state index contributed by atoms with van der Waals surface area (Å²) in [5, 5.41) is 3.20. The Kier molecular flexibility index (Phi) is 7.48. The molecule has 7 heteroatoms. The molecule has 2 fully saturated rings. The van der Waals surface area contributed by atoms with E-state index < -0.39 is 5.41 Å². The van der Waals surface area contributed by atoms with Crippen LogP contribution in [0.4, 0.5) is 0 Å². The molecule has 2 heterocycles. The van der Waals surface area contributed by atoms with Crippen molar-refractivity contribution in [2.75, 3.05) is 66.6 Å². The number of nitrogens with zero attached hydrogens (tertiary/aromatic N) is 3. The summed E-state index contributed by atoms with van der Waals surface area (Å²) < 4.78 is 5.18. The Morgan fingerprint density at radius 3 is 2.75 bits per heavy atom. The molecule has 2 aliphatic heterocycles. The number of likely N-dealkylation sites (N-methyl/N-ethyl adjacent to an activating group) is 1. The van der Waals surface area contributed by atoms with Crippen LogP contribution >= 0.6 is 0 Å². The second kappa shape index (κ2) is 9.85. The van der Waals surface area contributed by atoms with Crippen molar-refractivity contribution in [2.24, 2.45) is 5.41 Å². The number of piperazine rings is 1. The highest BCUT2D eigenvalue weighted by atomic mass is 16.5. The molecule has 0 radical (unpaired) electrons. The second-order valence-corrected chi connectivity index (χ2v) is 8.36. The van der Waals surface area contributed by atoms with E-state index >= 15 is 0 Å². The first kappa shape index (κ1) is 21.3. The molecule has 1 aliphatic carbocycles. The molecule has 7 nitrogen and oxygen atoms in total. The van der Waals surface area contributed by atoms with Gasteiger partial charge in [0.05, 0.1) is 12.0 Å². The van der Waals surface area contributed by atoms with Gasteiger partial charge in [-0.05, 0) is 45.7 Å². The van der Waals surface area contributed by atoms with Crippen molar-refractivity contribution in [3.8, 4) is 0 Å². The van der Waals surface area contributed by atoms with Gasteiger partial charge in [-0.2, -0.15) is 0 Å². The maximum Gasteiger partial charge on any atom is 0.232 e. The number of rotatable bonds is 8. The number of fused-ring (bicyclic) bond motifs is 1. The van der Waals surface area contributed by atoms with Gasteiger partial charge in [-0.15, -0.1) is 0 Å². The minimum Gasteiger partial charge on any atom is -0.383 e. The van der Waals surface area contributed by atoms with Crippen molar-refractivity contribution in [3.05, 3.63) is 11.8 Å². The number of carbonyl (C=O) groups is 2. The molecular formula is C21H36N4O3. The lowest BCUT2D eigenvalue weighted by Crippen LogP contribution is -2.53. The van der Waals surface area contributed by atoms with Crippen LogP contribution in [0.2, 0.25) is 0 Å². The van der Waals surface area contributed by atoms with Crippen LogP contribution in [0.15, 0.2) is 11.8 Å². The summed E-state index contributed by atoms with van der Waals surface area (Å²) in [7, 11) is 3.81. The summed E-state index contributed by atoms with van der Waals surface area (Å²) in [6.07, 6.45) is 6.92. The Morgan fingerprint density at radius 1 is 1.21 bits per heavy atom. The van der Waals surface area contributed by atoms with Gasteiger partial charge in [-0.25, -0.2) is 0 Å². The average Bonchev–Trinajstić information content (AvgIpc) is 2.71. The molecule has 158 valence electrons. The zero-order chi connectivity index (χ0) is 20.0. The molecule has 1 N–H and O–H groups in total. The topological polar surface area (TPSA) is 65.1 Å². The molecule has 0 aromatic heterocycles. The molecule has 0 bridgehead atoms. The van der Waals surface area contributed by atoms with Gasteiger partial charge in [0, 0.05) is 58.5 Å². The minimum atomic E-state index is -0.534. The number of methoxy groups -OCH3 is 1. The molecule has 1 atom stereocenters. The molecule has 0 spiro atoms. The summed E-state index contributed by atoms with van der Waals surface area (Å²) in [6.45, 7) is 7.21. The van der Waals surface area contributed by atoms with E-state index in [2.05, 4.69) is 28.2 Å². The third kappa shape index (κ3) is 4.75. The van der Waals surface area contributed by atoms with Gasteiger partial charge in [-0.3, -0.25) is 9.59 Å². The van der Waals surface area contributed by atoms with E-state index in [0.717, 1.165) is 64.1 Å². The molecule has 3 rings (SSSR count). The molecule has 0 saturated carbocycles. The number of allylic oxidation sites excluding steroid dienone is 1. The first-order valence-electron chi connectivity index (χ1n) is 10.8. The van der Waals surface area contributed by atoms with Crippen LogP contribution in [-0.2, 0) is 14.3 Å². The van der Waals surface area contributed by atoms with Gasteiger partial charge in [0.25, 0.3) is 0 Å². The summed E-state index contributed by atoms with van der Waals surface area (Å²) >= 11 is 0. The maximum absolute atomic E-state index is 13.2. The van der Waals surface area contributed by atoms with Crippen LogP contribution < -0.4 is 5.32 Å². The van der Waals surface area contributed by atoms with Crippen molar-refractivity contribution in [2.45, 2.75) is 38.5 Å². The predicted octanol–water partition coefficient (Wildman–Crippen LogP) is 1.06. The van der Waals surface area contributed by atoms with E-state index in [1.54, 1.807) is 12.0 Å². The lowest BCUT2D eigenvalue weighted by molar-refractivity contribution is -0.141. The van der Waals surface area contributed by atoms with Crippen molar-refractivity contribution in [1.29, 1.82) is 0 Å². The van der Waals surface area contributed by atoms with Crippen molar-refractivity contribution >= 4 is 11.8 Å². The Labute approximate surface area is 169 Å². The summed E-state index contributed by atoms with van der Waals surface area (Å²) in [6, 6.07) is 0. The monoisotopic (exact) mass is 392 g/mol. The lowest BCUT2D eigenvalue weighted by Gasteiger charge is -2.46. The quantitative estimate of drug-likeness (QED) is 0.626. The van der Waals surface area contributed by atoms with Crippen LogP contribution in [0.3, 0.4) is 0 Å².